The number of ether oxygens (including phenoxy) is 1. The van der Waals surface area contributed by atoms with E-state index in [9.17, 15) is 35.9 Å². The molecule has 0 fully saturated rings. The number of benzene rings is 2. The van der Waals surface area contributed by atoms with Crippen LogP contribution in [0.25, 0.3) is 0 Å². The Morgan fingerprint density at radius 1 is 1.15 bits per heavy atom. The van der Waals surface area contributed by atoms with Crippen LogP contribution in [0.4, 0.5) is 23.2 Å². The third kappa shape index (κ3) is 8.01. The summed E-state index contributed by atoms with van der Waals surface area (Å²) in [6, 6.07) is 7.66. The van der Waals surface area contributed by atoms with Gasteiger partial charge in [0.2, 0.25) is 0 Å². The molecular weight excluding hydrogens is 466 g/mol. The number of nitrogens with one attached hydrogen (secondary N) is 1. The molecule has 0 saturated heterocycles. The van der Waals surface area contributed by atoms with E-state index < -0.39 is 38.8 Å². The second-order valence-electron chi connectivity index (χ2n) is 7.80. The van der Waals surface area contributed by atoms with Crippen molar-refractivity contribution < 1.29 is 40.6 Å². The molecule has 0 aliphatic carbocycles. The molecule has 2 aromatic carbocycles. The molecule has 0 radical (unpaired) electrons. The van der Waals surface area contributed by atoms with Crippen LogP contribution in [0.5, 0.6) is 5.75 Å². The summed E-state index contributed by atoms with van der Waals surface area (Å²) < 4.78 is 82.4. The van der Waals surface area contributed by atoms with Gasteiger partial charge in [-0.1, -0.05) is 26.0 Å². The van der Waals surface area contributed by atoms with E-state index >= 15 is 0 Å². The first-order valence-corrected chi connectivity index (χ1v) is 11.6. The van der Waals surface area contributed by atoms with Crippen LogP contribution in [0, 0.1) is 17.7 Å². The molecule has 0 bridgehead atoms. The van der Waals surface area contributed by atoms with Crippen LogP contribution >= 0.6 is 0 Å². The van der Waals surface area contributed by atoms with Gasteiger partial charge in [0.05, 0.1) is 12.3 Å². The van der Waals surface area contributed by atoms with Crippen molar-refractivity contribution in [3.8, 4) is 5.75 Å². The number of rotatable bonds is 11. The number of anilines is 1. The maximum absolute atomic E-state index is 14.5. The van der Waals surface area contributed by atoms with Gasteiger partial charge in [0, 0.05) is 18.4 Å². The van der Waals surface area contributed by atoms with E-state index in [1.54, 1.807) is 0 Å². The highest BCUT2D eigenvalue weighted by Gasteiger charge is 2.31. The molecule has 11 heteroatoms. The first kappa shape index (κ1) is 26.6. The Labute approximate surface area is 189 Å². The maximum atomic E-state index is 14.5. The molecule has 6 nitrogen and oxygen atoms in total. The number of ketones is 1. The van der Waals surface area contributed by atoms with E-state index in [2.05, 4.69) is 4.74 Å². The summed E-state index contributed by atoms with van der Waals surface area (Å²) in [4.78, 5) is 11.5. The Morgan fingerprint density at radius 3 is 2.42 bits per heavy atom. The monoisotopic (exact) mass is 491 g/mol. The molecule has 0 amide bonds. The largest absolute Gasteiger partial charge is 0.573 e. The summed E-state index contributed by atoms with van der Waals surface area (Å²) >= 11 is 0. The zero-order valence-corrected chi connectivity index (χ0v) is 18.8. The fourth-order valence-electron chi connectivity index (χ4n) is 3.22. The minimum atomic E-state index is -4.95. The van der Waals surface area contributed by atoms with Gasteiger partial charge in [0.1, 0.15) is 22.2 Å². The average molecular weight is 492 g/mol. The van der Waals surface area contributed by atoms with Gasteiger partial charge in [-0.2, -0.15) is 0 Å². The number of aryl methyl sites for hydroxylation is 1. The quantitative estimate of drug-likeness (QED) is 0.445. The molecule has 0 aliphatic heterocycles. The van der Waals surface area contributed by atoms with Crippen molar-refractivity contribution in [2.24, 2.45) is 11.8 Å². The molecule has 1 unspecified atom stereocenters. The lowest BCUT2D eigenvalue weighted by Crippen LogP contribution is -2.23. The van der Waals surface area contributed by atoms with Gasteiger partial charge < -0.3 is 9.84 Å². The number of alkyl halides is 3. The Kier molecular flexibility index (Phi) is 8.84. The highest BCUT2D eigenvalue weighted by molar-refractivity contribution is 7.92. The van der Waals surface area contributed by atoms with Gasteiger partial charge in [-0.25, -0.2) is 12.8 Å². The van der Waals surface area contributed by atoms with E-state index in [-0.39, 0.29) is 30.4 Å². The van der Waals surface area contributed by atoms with Gasteiger partial charge in [-0.15, -0.1) is 13.2 Å². The van der Waals surface area contributed by atoms with Gasteiger partial charge in [-0.3, -0.25) is 9.52 Å². The molecule has 0 aromatic heterocycles. The molecule has 0 spiro atoms. The van der Waals surface area contributed by atoms with Crippen molar-refractivity contribution in [2.75, 3.05) is 11.3 Å². The molecular formula is C22H25F4NO5S. The predicted molar refractivity (Wildman–Crippen MR) is 114 cm³/mol. The van der Waals surface area contributed by atoms with E-state index in [1.165, 1.54) is 12.1 Å². The molecule has 33 heavy (non-hydrogen) atoms. The molecule has 0 saturated carbocycles. The first-order chi connectivity index (χ1) is 15.3. The molecule has 1 atom stereocenters. The molecule has 2 rings (SSSR count). The van der Waals surface area contributed by atoms with E-state index in [4.69, 9.17) is 0 Å². The Hall–Kier alpha value is -2.66. The summed E-state index contributed by atoms with van der Waals surface area (Å²) in [5, 5.41) is 9.31. The lowest BCUT2D eigenvalue weighted by atomic mass is 9.89. The number of carbonyl (C=O) groups is 1. The average Bonchev–Trinajstić information content (AvgIpc) is 2.66. The molecule has 182 valence electrons. The Morgan fingerprint density at radius 2 is 1.85 bits per heavy atom. The molecule has 2 N–H and O–H groups in total. The van der Waals surface area contributed by atoms with Crippen LogP contribution in [-0.4, -0.2) is 32.3 Å². The zero-order chi connectivity index (χ0) is 24.8. The molecule has 0 heterocycles. The van der Waals surface area contributed by atoms with Crippen molar-refractivity contribution in [2.45, 2.75) is 44.4 Å². The Balaban J connectivity index is 2.06. The summed E-state index contributed by atoms with van der Waals surface area (Å²) in [5.41, 5.74) is 0.243. The van der Waals surface area contributed by atoms with Crippen LogP contribution in [0.2, 0.25) is 0 Å². The van der Waals surface area contributed by atoms with Crippen LogP contribution in [-0.2, 0) is 21.2 Å². The lowest BCUT2D eigenvalue weighted by Gasteiger charge is -2.16. The summed E-state index contributed by atoms with van der Waals surface area (Å²) in [7, 11) is -4.42. The molecule has 2 aromatic rings. The zero-order valence-electron chi connectivity index (χ0n) is 18.0. The number of aliphatic hydroxyl groups excluding tert-OH is 1. The number of hydrogen-bond donors (Lipinski definition) is 2. The van der Waals surface area contributed by atoms with Crippen molar-refractivity contribution in [3.63, 3.8) is 0 Å². The van der Waals surface area contributed by atoms with E-state index in [0.717, 1.165) is 30.3 Å². The van der Waals surface area contributed by atoms with Gasteiger partial charge in [-0.05, 0) is 48.6 Å². The van der Waals surface area contributed by atoms with E-state index in [1.807, 2.05) is 18.6 Å². The number of sulfonamides is 1. The second kappa shape index (κ2) is 11.0. The van der Waals surface area contributed by atoms with Gasteiger partial charge in [0.25, 0.3) is 10.0 Å². The summed E-state index contributed by atoms with van der Waals surface area (Å²) in [5.74, 6) is -2.22. The standard InChI is InChI=1S/C22H25F4NO5S/c1-14(2)18(13-28)20(29)8-3-5-15-9-10-21(19(23)11-15)33(30,31)27-16-6-4-7-17(12-16)32-22(24,25)26/h4,6-7,9-12,14,18,27-28H,3,5,8,13H2,1-2H3. The topological polar surface area (TPSA) is 92.7 Å². The fourth-order valence-corrected chi connectivity index (χ4v) is 4.33. The predicted octanol–water partition coefficient (Wildman–Crippen LogP) is 4.68. The third-order valence-corrected chi connectivity index (χ3v) is 6.32. The Bertz CT molecular complexity index is 1070. The first-order valence-electron chi connectivity index (χ1n) is 10.1. The van der Waals surface area contributed by atoms with E-state index in [0.29, 0.717) is 18.4 Å². The smallest absolute Gasteiger partial charge is 0.406 e. The van der Waals surface area contributed by atoms with Crippen molar-refractivity contribution in [3.05, 3.63) is 53.8 Å². The summed E-state index contributed by atoms with van der Waals surface area (Å²) in [6.45, 7) is 3.43. The third-order valence-electron chi connectivity index (χ3n) is 4.91. The van der Waals surface area contributed by atoms with Gasteiger partial charge in [0.15, 0.2) is 0 Å². The van der Waals surface area contributed by atoms with Crippen LogP contribution in [0.15, 0.2) is 47.4 Å². The minimum Gasteiger partial charge on any atom is -0.406 e. The highest BCUT2D eigenvalue weighted by Crippen LogP contribution is 2.27. The second-order valence-corrected chi connectivity index (χ2v) is 9.45. The van der Waals surface area contributed by atoms with Crippen LogP contribution < -0.4 is 9.46 Å². The van der Waals surface area contributed by atoms with Crippen LogP contribution in [0.1, 0.15) is 32.3 Å². The number of hydrogen-bond acceptors (Lipinski definition) is 5. The number of carbonyl (C=O) groups excluding carboxylic acids is 1. The van der Waals surface area contributed by atoms with Crippen molar-refractivity contribution in [1.29, 1.82) is 0 Å². The van der Waals surface area contributed by atoms with Crippen LogP contribution in [0.3, 0.4) is 0 Å². The normalized spacial score (nSPS) is 13.1. The highest BCUT2D eigenvalue weighted by atomic mass is 32.2. The van der Waals surface area contributed by atoms with Crippen molar-refractivity contribution >= 4 is 21.5 Å². The van der Waals surface area contributed by atoms with Crippen molar-refractivity contribution in [1.82, 2.24) is 0 Å². The lowest BCUT2D eigenvalue weighted by molar-refractivity contribution is -0.274. The number of halogens is 4. The molecule has 0 aliphatic rings. The number of aliphatic hydroxyl groups is 1. The number of Topliss-reactive ketones (excluding diaryl/α,β-unsaturated/α-hetero) is 1. The minimum absolute atomic E-state index is 0.00217. The summed E-state index contributed by atoms with van der Waals surface area (Å²) in [6.07, 6.45) is -4.03. The maximum Gasteiger partial charge on any atom is 0.573 e. The SMILES string of the molecule is CC(C)C(CO)C(=O)CCCc1ccc(S(=O)(=O)Nc2cccc(OC(F)(F)F)c2)c(F)c1. The van der Waals surface area contributed by atoms with Gasteiger partial charge >= 0.3 is 6.36 Å². The fraction of sp³-hybridized carbons (Fsp3) is 0.409.